The summed E-state index contributed by atoms with van der Waals surface area (Å²) in [5.74, 6) is -0.190. The number of ether oxygens (including phenoxy) is 2. The maximum Gasteiger partial charge on any atom is 0.573 e. The summed E-state index contributed by atoms with van der Waals surface area (Å²) in [6.45, 7) is 0.157. The first kappa shape index (κ1) is 22.5. The van der Waals surface area contributed by atoms with Crippen molar-refractivity contribution < 1.29 is 35.8 Å². The molecule has 0 aliphatic heterocycles. The molecule has 9 heteroatoms. The third-order valence-corrected chi connectivity index (χ3v) is 4.20. The van der Waals surface area contributed by atoms with Gasteiger partial charge in [0.1, 0.15) is 18.1 Å². The molecular formula is C22H17F6NO2. The zero-order valence-corrected chi connectivity index (χ0v) is 16.0. The van der Waals surface area contributed by atoms with Crippen LogP contribution in [-0.2, 0) is 13.0 Å². The van der Waals surface area contributed by atoms with Crippen LogP contribution in [0.25, 0.3) is 11.3 Å². The molecule has 164 valence electrons. The van der Waals surface area contributed by atoms with Gasteiger partial charge in [-0.25, -0.2) is 4.98 Å². The van der Waals surface area contributed by atoms with E-state index >= 15 is 0 Å². The number of benzene rings is 2. The summed E-state index contributed by atoms with van der Waals surface area (Å²) in [7, 11) is 0. The molecule has 0 aliphatic carbocycles. The Kier molecular flexibility index (Phi) is 6.72. The Morgan fingerprint density at radius 2 is 1.45 bits per heavy atom. The summed E-state index contributed by atoms with van der Waals surface area (Å²) in [5, 5.41) is 0. The van der Waals surface area contributed by atoms with Crippen LogP contribution in [0, 0.1) is 0 Å². The van der Waals surface area contributed by atoms with Gasteiger partial charge in [0.2, 0.25) is 0 Å². The molecule has 0 spiro atoms. The number of halogens is 6. The lowest BCUT2D eigenvalue weighted by molar-refractivity contribution is -0.274. The minimum atomic E-state index is -4.82. The molecule has 3 nitrogen and oxygen atoms in total. The summed E-state index contributed by atoms with van der Waals surface area (Å²) < 4.78 is 84.7. The maximum atomic E-state index is 12.8. The van der Waals surface area contributed by atoms with E-state index in [0.29, 0.717) is 11.3 Å². The predicted octanol–water partition coefficient (Wildman–Crippen LogP) is 6.72. The first-order valence-electron chi connectivity index (χ1n) is 9.19. The number of hydrogen-bond donors (Lipinski definition) is 0. The molecule has 0 radical (unpaired) electrons. The molecule has 3 aromatic rings. The summed E-state index contributed by atoms with van der Waals surface area (Å²) in [6, 6.07) is 17.1. The van der Waals surface area contributed by atoms with Gasteiger partial charge in [0, 0.05) is 18.4 Å². The molecule has 0 saturated carbocycles. The summed E-state index contributed by atoms with van der Waals surface area (Å²) in [6.07, 6.45) is -10.7. The van der Waals surface area contributed by atoms with E-state index in [1.54, 1.807) is 0 Å². The number of pyridine rings is 1. The van der Waals surface area contributed by atoms with Gasteiger partial charge in [-0.2, -0.15) is 13.2 Å². The van der Waals surface area contributed by atoms with Gasteiger partial charge in [-0.05, 0) is 42.0 Å². The number of rotatable bonds is 7. The predicted molar refractivity (Wildman–Crippen MR) is 102 cm³/mol. The van der Waals surface area contributed by atoms with Crippen LogP contribution in [0.4, 0.5) is 26.3 Å². The van der Waals surface area contributed by atoms with E-state index in [4.69, 9.17) is 4.74 Å². The van der Waals surface area contributed by atoms with E-state index in [9.17, 15) is 26.3 Å². The van der Waals surface area contributed by atoms with Crippen LogP contribution < -0.4 is 9.47 Å². The Morgan fingerprint density at radius 1 is 0.774 bits per heavy atom. The van der Waals surface area contributed by atoms with Gasteiger partial charge in [-0.15, -0.1) is 13.2 Å². The van der Waals surface area contributed by atoms with Gasteiger partial charge < -0.3 is 9.47 Å². The van der Waals surface area contributed by atoms with Crippen molar-refractivity contribution in [1.82, 2.24) is 4.98 Å². The van der Waals surface area contributed by atoms with Gasteiger partial charge in [0.25, 0.3) is 0 Å². The Labute approximate surface area is 174 Å². The largest absolute Gasteiger partial charge is 0.573 e. The van der Waals surface area contributed by atoms with Crippen molar-refractivity contribution in [2.24, 2.45) is 0 Å². The standard InChI is InChI=1S/C22H17F6NO2/c23-21(24,25)13-12-19-20(30-14-15-4-2-1-3-5-15)11-10-18(29-19)16-6-8-17(9-7-16)31-22(26,27)28/h1-11H,12-14H2. The molecule has 1 heterocycles. The topological polar surface area (TPSA) is 31.4 Å². The van der Waals surface area contributed by atoms with Crippen molar-refractivity contribution in [2.45, 2.75) is 32.0 Å². The fourth-order valence-corrected chi connectivity index (χ4v) is 2.78. The molecule has 2 aromatic carbocycles. The number of hydrogen-bond acceptors (Lipinski definition) is 3. The van der Waals surface area contributed by atoms with Crippen LogP contribution in [0.15, 0.2) is 66.7 Å². The number of alkyl halides is 6. The van der Waals surface area contributed by atoms with Crippen LogP contribution >= 0.6 is 0 Å². The second-order valence-electron chi connectivity index (χ2n) is 6.60. The monoisotopic (exact) mass is 441 g/mol. The molecule has 0 fully saturated rings. The SMILES string of the molecule is FC(F)(F)CCc1nc(-c2ccc(OC(F)(F)F)cc2)ccc1OCc1ccccc1. The highest BCUT2D eigenvalue weighted by Crippen LogP contribution is 2.30. The van der Waals surface area contributed by atoms with E-state index in [2.05, 4.69) is 9.72 Å². The zero-order chi connectivity index (χ0) is 22.5. The number of aromatic nitrogens is 1. The van der Waals surface area contributed by atoms with E-state index in [1.165, 1.54) is 24.3 Å². The van der Waals surface area contributed by atoms with Crippen molar-refractivity contribution in [3.8, 4) is 22.8 Å². The Morgan fingerprint density at radius 3 is 2.06 bits per heavy atom. The van der Waals surface area contributed by atoms with E-state index in [1.807, 2.05) is 30.3 Å². The third kappa shape index (κ3) is 7.20. The van der Waals surface area contributed by atoms with Crippen molar-refractivity contribution >= 4 is 0 Å². The molecule has 3 rings (SSSR count). The van der Waals surface area contributed by atoms with Gasteiger partial charge in [0.15, 0.2) is 0 Å². The van der Waals surface area contributed by atoms with Crippen LogP contribution in [0.2, 0.25) is 0 Å². The first-order valence-corrected chi connectivity index (χ1v) is 9.19. The fraction of sp³-hybridized carbons (Fsp3) is 0.227. The Hall–Kier alpha value is -3.23. The Balaban J connectivity index is 1.82. The molecule has 1 aromatic heterocycles. The lowest BCUT2D eigenvalue weighted by atomic mass is 10.1. The van der Waals surface area contributed by atoms with E-state index in [0.717, 1.165) is 17.7 Å². The van der Waals surface area contributed by atoms with Crippen molar-refractivity contribution in [3.05, 3.63) is 78.0 Å². The fourth-order valence-electron chi connectivity index (χ4n) is 2.78. The van der Waals surface area contributed by atoms with Crippen LogP contribution in [0.1, 0.15) is 17.7 Å². The molecule has 0 aliphatic rings. The molecule has 0 N–H and O–H groups in total. The van der Waals surface area contributed by atoms with Crippen LogP contribution in [0.3, 0.4) is 0 Å². The highest BCUT2D eigenvalue weighted by molar-refractivity contribution is 5.61. The van der Waals surface area contributed by atoms with Gasteiger partial charge in [0.05, 0.1) is 11.4 Å². The van der Waals surface area contributed by atoms with Crippen LogP contribution in [0.5, 0.6) is 11.5 Å². The second-order valence-corrected chi connectivity index (χ2v) is 6.60. The molecule has 0 amide bonds. The molecular weight excluding hydrogens is 424 g/mol. The zero-order valence-electron chi connectivity index (χ0n) is 16.0. The Bertz CT molecular complexity index is 986. The molecule has 0 bridgehead atoms. The normalized spacial score (nSPS) is 11.9. The second kappa shape index (κ2) is 9.28. The highest BCUT2D eigenvalue weighted by atomic mass is 19.4. The average molecular weight is 441 g/mol. The minimum absolute atomic E-state index is 0.112. The lowest BCUT2D eigenvalue weighted by Gasteiger charge is -2.14. The quantitative estimate of drug-likeness (QED) is 0.382. The smallest absolute Gasteiger partial charge is 0.487 e. The molecule has 0 saturated heterocycles. The summed E-state index contributed by atoms with van der Waals surface area (Å²) >= 11 is 0. The first-order chi connectivity index (χ1) is 14.6. The minimum Gasteiger partial charge on any atom is -0.487 e. The summed E-state index contributed by atoms with van der Waals surface area (Å²) in [5.41, 5.74) is 1.69. The van der Waals surface area contributed by atoms with Gasteiger partial charge >= 0.3 is 12.5 Å². The summed E-state index contributed by atoms with van der Waals surface area (Å²) in [4.78, 5) is 4.27. The van der Waals surface area contributed by atoms with Crippen molar-refractivity contribution in [1.29, 1.82) is 0 Å². The molecule has 0 unspecified atom stereocenters. The number of aryl methyl sites for hydroxylation is 1. The maximum absolute atomic E-state index is 12.8. The van der Waals surface area contributed by atoms with Gasteiger partial charge in [-0.1, -0.05) is 30.3 Å². The number of nitrogens with zero attached hydrogens (tertiary/aromatic N) is 1. The van der Waals surface area contributed by atoms with E-state index < -0.39 is 31.1 Å². The van der Waals surface area contributed by atoms with E-state index in [-0.39, 0.29) is 18.1 Å². The molecule has 31 heavy (non-hydrogen) atoms. The average Bonchev–Trinajstić information content (AvgIpc) is 2.70. The lowest BCUT2D eigenvalue weighted by Crippen LogP contribution is -2.16. The molecule has 0 atom stereocenters. The van der Waals surface area contributed by atoms with Gasteiger partial charge in [-0.3, -0.25) is 0 Å². The third-order valence-electron chi connectivity index (χ3n) is 4.20. The van der Waals surface area contributed by atoms with Crippen molar-refractivity contribution in [2.75, 3.05) is 0 Å². The highest BCUT2D eigenvalue weighted by Gasteiger charge is 2.31. The van der Waals surface area contributed by atoms with Crippen LogP contribution in [-0.4, -0.2) is 17.5 Å². The van der Waals surface area contributed by atoms with Crippen molar-refractivity contribution in [3.63, 3.8) is 0 Å².